The summed E-state index contributed by atoms with van der Waals surface area (Å²) in [6.07, 6.45) is 0. The number of hydrogen-bond acceptors (Lipinski definition) is 20. The first-order valence-electron chi connectivity index (χ1n) is 20.7. The second-order valence-corrected chi connectivity index (χ2v) is 21.2. The average Bonchev–Trinajstić information content (AvgIpc) is 3.35. The number of anilines is 2. The number of nitrogens with one attached hydrogen (secondary N) is 1. The number of benzene rings is 8. The highest BCUT2D eigenvalue weighted by Gasteiger charge is 2.25. The van der Waals surface area contributed by atoms with Crippen LogP contribution in [0.4, 0.5) is 45.5 Å². The number of hydrogen-bond donors (Lipinski definition) is 6. The number of phenolic OH excluding ortho intramolecular Hbond substituents is 1. The molecule has 0 unspecified atom stereocenters. The summed E-state index contributed by atoms with van der Waals surface area (Å²) in [5.74, 6) is -0.0642. The predicted molar refractivity (Wildman–Crippen MR) is 268 cm³/mol. The Kier molecular flexibility index (Phi) is 14.1. The number of phenols is 1. The summed E-state index contributed by atoms with van der Waals surface area (Å²) in [6.45, 7) is 0. The van der Waals surface area contributed by atoms with E-state index in [0.717, 1.165) is 24.3 Å². The molecule has 8 aromatic carbocycles. The van der Waals surface area contributed by atoms with Crippen LogP contribution in [0.15, 0.2) is 166 Å². The molecule has 0 heterocycles. The first-order valence-corrected chi connectivity index (χ1v) is 26.5. The Balaban J connectivity index is 1.18. The summed E-state index contributed by atoms with van der Waals surface area (Å²) < 4.78 is 160. The zero-order chi connectivity index (χ0) is 53.5. The Bertz CT molecular complexity index is 4180. The van der Waals surface area contributed by atoms with Gasteiger partial charge in [-0.05, 0) is 95.7 Å². The summed E-state index contributed by atoms with van der Waals surface area (Å²) >= 11 is 0. The molecular formula is C46H37N7O17S4. The Morgan fingerprint density at radius 2 is 0.973 bits per heavy atom. The SMILES string of the molecule is COc1ccc(Nc2ccc3c(O)c(N=Nc4c(OC)cc(N=Nc5cc(OC)c(N=Nc6ccc7cc(S(=O)(=O)O)cc(S(=O)(=O)O)c7c6)cc5OC)c5cc(S(=O)(=O)O)ccc45)c(S(=O)(=O)O)cc3c2)cc1. The molecule has 0 amide bonds. The number of methoxy groups -OCH3 is 4. The van der Waals surface area contributed by atoms with Gasteiger partial charge in [-0.15, -0.1) is 25.6 Å². The van der Waals surface area contributed by atoms with Gasteiger partial charge in [0.05, 0.1) is 49.6 Å². The maximum absolute atomic E-state index is 12.8. The fraction of sp³-hybridized carbons (Fsp3) is 0.0870. The van der Waals surface area contributed by atoms with Crippen molar-refractivity contribution in [3.63, 3.8) is 0 Å². The molecule has 0 radical (unpaired) electrons. The highest BCUT2D eigenvalue weighted by molar-refractivity contribution is 7.87. The first-order chi connectivity index (χ1) is 34.9. The highest BCUT2D eigenvalue weighted by atomic mass is 32.2. The van der Waals surface area contributed by atoms with E-state index in [1.807, 2.05) is 0 Å². The fourth-order valence-electron chi connectivity index (χ4n) is 7.46. The molecule has 8 rings (SSSR count). The molecule has 0 aliphatic carbocycles. The summed E-state index contributed by atoms with van der Waals surface area (Å²) in [4.78, 5) is -2.98. The standard InChI is InChI=1S/C46H37N7O17S4/c1-67-29-10-7-26(8-11-29)47-27-9-13-32-25(15-27)17-43(74(64,65)66)45(46(32)54)53-52-44-33-14-12-30(71(55,56)57)19-35(33)36(21-41(44)70-4)49-51-38-23-39(68-2)37(22-40(38)69-3)50-48-28-6-5-24-16-31(72(58,59)60)20-42(34(24)18-28)73(61,62)63/h5-23,47,54H,1-4H3,(H,55,56,57)(H,58,59,60)(H,61,62,63)(H,64,65,66). The maximum atomic E-state index is 12.8. The number of azo groups is 3. The molecule has 0 fully saturated rings. The van der Waals surface area contributed by atoms with Crippen molar-refractivity contribution in [2.24, 2.45) is 30.7 Å². The van der Waals surface area contributed by atoms with Crippen LogP contribution < -0.4 is 24.3 Å². The van der Waals surface area contributed by atoms with Gasteiger partial charge < -0.3 is 29.4 Å². The van der Waals surface area contributed by atoms with Crippen LogP contribution in [0.3, 0.4) is 0 Å². The molecule has 0 saturated heterocycles. The summed E-state index contributed by atoms with van der Waals surface area (Å²) in [5, 5.41) is 40.2. The van der Waals surface area contributed by atoms with Gasteiger partial charge in [-0.1, -0.05) is 12.1 Å². The monoisotopic (exact) mass is 1090 g/mol. The van der Waals surface area contributed by atoms with Crippen molar-refractivity contribution in [2.45, 2.75) is 19.6 Å². The van der Waals surface area contributed by atoms with Crippen LogP contribution in [0.1, 0.15) is 0 Å². The van der Waals surface area contributed by atoms with Crippen LogP contribution in [0.2, 0.25) is 0 Å². The number of ether oxygens (including phenoxy) is 4. The molecule has 0 spiro atoms. The van der Waals surface area contributed by atoms with Crippen LogP contribution in [-0.2, 0) is 40.5 Å². The third-order valence-electron chi connectivity index (χ3n) is 11.0. The van der Waals surface area contributed by atoms with Gasteiger partial charge in [-0.3, -0.25) is 18.2 Å². The molecule has 0 atom stereocenters. The largest absolute Gasteiger partial charge is 0.505 e. The molecule has 74 heavy (non-hydrogen) atoms. The molecule has 0 aromatic heterocycles. The van der Waals surface area contributed by atoms with E-state index in [1.165, 1.54) is 83.0 Å². The van der Waals surface area contributed by atoms with Crippen LogP contribution in [-0.4, -0.2) is 85.4 Å². The predicted octanol–water partition coefficient (Wildman–Crippen LogP) is 10.9. The Labute approximate surface area is 420 Å². The number of nitrogens with zero attached hydrogens (tertiary/aromatic N) is 6. The second-order valence-electron chi connectivity index (χ2n) is 15.5. The molecule has 0 saturated carbocycles. The van der Waals surface area contributed by atoms with E-state index in [9.17, 15) is 57.0 Å². The van der Waals surface area contributed by atoms with Crippen molar-refractivity contribution in [3.05, 3.63) is 115 Å². The van der Waals surface area contributed by atoms with Crippen molar-refractivity contribution in [2.75, 3.05) is 33.8 Å². The van der Waals surface area contributed by atoms with Gasteiger partial charge in [0, 0.05) is 51.1 Å². The average molecular weight is 1090 g/mol. The lowest BCUT2D eigenvalue weighted by molar-refractivity contribution is 0.405. The van der Waals surface area contributed by atoms with Gasteiger partial charge >= 0.3 is 0 Å². The topological polar surface area (TPSA) is 361 Å². The minimum atomic E-state index is -5.08. The van der Waals surface area contributed by atoms with E-state index in [2.05, 4.69) is 36.0 Å². The zero-order valence-electron chi connectivity index (χ0n) is 38.4. The van der Waals surface area contributed by atoms with E-state index < -0.39 is 71.5 Å². The molecule has 382 valence electrons. The van der Waals surface area contributed by atoms with Crippen molar-refractivity contribution < 1.29 is 75.9 Å². The fourth-order valence-corrected chi connectivity index (χ4v) is 9.97. The van der Waals surface area contributed by atoms with E-state index >= 15 is 0 Å². The lowest BCUT2D eigenvalue weighted by Gasteiger charge is -2.13. The molecule has 6 N–H and O–H groups in total. The highest BCUT2D eigenvalue weighted by Crippen LogP contribution is 2.48. The lowest BCUT2D eigenvalue weighted by atomic mass is 10.1. The van der Waals surface area contributed by atoms with Gasteiger partial charge in [0.2, 0.25) is 0 Å². The van der Waals surface area contributed by atoms with Gasteiger partial charge in [0.15, 0.2) is 5.75 Å². The number of aromatic hydroxyl groups is 1. The second kappa shape index (κ2) is 20.0. The lowest BCUT2D eigenvalue weighted by Crippen LogP contribution is -2.04. The molecule has 0 aliphatic rings. The molecular weight excluding hydrogens is 1050 g/mol. The van der Waals surface area contributed by atoms with Crippen molar-refractivity contribution in [1.29, 1.82) is 0 Å². The number of rotatable bonds is 16. The smallest absolute Gasteiger partial charge is 0.296 e. The van der Waals surface area contributed by atoms with E-state index in [1.54, 1.807) is 30.3 Å². The summed E-state index contributed by atoms with van der Waals surface area (Å²) in [5.41, 5.74) is 0.352. The van der Waals surface area contributed by atoms with Crippen molar-refractivity contribution >= 4 is 118 Å². The molecule has 0 bridgehead atoms. The molecule has 24 nitrogen and oxygen atoms in total. The van der Waals surface area contributed by atoms with Crippen LogP contribution in [0.25, 0.3) is 32.3 Å². The molecule has 28 heteroatoms. The van der Waals surface area contributed by atoms with Gasteiger partial charge in [0.1, 0.15) is 55.5 Å². The van der Waals surface area contributed by atoms with E-state index in [0.29, 0.717) is 23.2 Å². The van der Waals surface area contributed by atoms with E-state index in [4.69, 9.17) is 18.9 Å². The van der Waals surface area contributed by atoms with E-state index in [-0.39, 0.29) is 78.0 Å². The third-order valence-corrected chi connectivity index (χ3v) is 14.4. The van der Waals surface area contributed by atoms with Gasteiger partial charge in [-0.25, -0.2) is 0 Å². The van der Waals surface area contributed by atoms with Gasteiger partial charge in [0.25, 0.3) is 40.5 Å². The summed E-state index contributed by atoms with van der Waals surface area (Å²) in [6, 6.07) is 25.4. The maximum Gasteiger partial charge on any atom is 0.296 e. The van der Waals surface area contributed by atoms with Crippen molar-refractivity contribution in [3.8, 4) is 28.7 Å². The minimum absolute atomic E-state index is 0.0106. The van der Waals surface area contributed by atoms with Crippen molar-refractivity contribution in [1.82, 2.24) is 0 Å². The molecule has 0 aliphatic heterocycles. The Hall–Kier alpha value is -8.22. The van der Waals surface area contributed by atoms with Gasteiger partial charge in [-0.2, -0.15) is 38.8 Å². The zero-order valence-corrected chi connectivity index (χ0v) is 41.7. The Morgan fingerprint density at radius 1 is 0.405 bits per heavy atom. The minimum Gasteiger partial charge on any atom is -0.505 e. The van der Waals surface area contributed by atoms with Crippen LogP contribution in [0, 0.1) is 0 Å². The Morgan fingerprint density at radius 3 is 1.57 bits per heavy atom. The quantitative estimate of drug-likeness (QED) is 0.0387. The third kappa shape index (κ3) is 10.9. The van der Waals surface area contributed by atoms with Crippen LogP contribution >= 0.6 is 0 Å². The molecule has 8 aromatic rings. The first kappa shape index (κ1) is 52.1. The van der Waals surface area contributed by atoms with Crippen LogP contribution in [0.5, 0.6) is 28.7 Å². The summed E-state index contributed by atoms with van der Waals surface area (Å²) in [7, 11) is -14.4. The normalized spacial score (nSPS) is 12.6. The number of fused-ring (bicyclic) bond motifs is 3.